The second kappa shape index (κ2) is 9.44. The quantitative estimate of drug-likeness (QED) is 0.425. The van der Waals surface area contributed by atoms with Crippen molar-refractivity contribution in [2.75, 3.05) is 11.9 Å². The summed E-state index contributed by atoms with van der Waals surface area (Å²) in [6.07, 6.45) is 1.09. The third-order valence-electron chi connectivity index (χ3n) is 3.31. The third-order valence-corrected chi connectivity index (χ3v) is 3.31. The second-order valence-corrected chi connectivity index (χ2v) is 4.90. The molecule has 0 fully saturated rings. The first-order chi connectivity index (χ1) is 10.6. The fraction of sp³-hybridized carbons (Fsp3) is 0.235. The third kappa shape index (κ3) is 5.78. The van der Waals surface area contributed by atoms with Gasteiger partial charge in [0.1, 0.15) is 11.6 Å². The molecule has 0 saturated heterocycles. The van der Waals surface area contributed by atoms with Crippen molar-refractivity contribution in [2.45, 2.75) is 19.8 Å². The van der Waals surface area contributed by atoms with Crippen LogP contribution >= 0.6 is 24.0 Å². The van der Waals surface area contributed by atoms with Gasteiger partial charge in [-0.2, -0.15) is 0 Å². The Bertz CT molecular complexity index is 654. The monoisotopic (exact) mass is 431 g/mol. The number of halogens is 3. The molecular weight excluding hydrogens is 411 g/mol. The van der Waals surface area contributed by atoms with Crippen LogP contribution in [-0.4, -0.2) is 12.5 Å². The molecule has 0 aliphatic carbocycles. The lowest BCUT2D eigenvalue weighted by Gasteiger charge is -2.07. The number of rotatable bonds is 5. The van der Waals surface area contributed by atoms with Gasteiger partial charge >= 0.3 is 0 Å². The van der Waals surface area contributed by atoms with Crippen molar-refractivity contribution < 1.29 is 8.78 Å². The van der Waals surface area contributed by atoms with Crippen LogP contribution in [0.4, 0.5) is 14.5 Å². The lowest BCUT2D eigenvalue weighted by molar-refractivity contribution is 0.556. The van der Waals surface area contributed by atoms with Crippen LogP contribution in [0.15, 0.2) is 47.5 Å². The van der Waals surface area contributed by atoms with Crippen LogP contribution in [0.25, 0.3) is 0 Å². The van der Waals surface area contributed by atoms with E-state index in [9.17, 15) is 8.78 Å². The van der Waals surface area contributed by atoms with Gasteiger partial charge in [0.25, 0.3) is 0 Å². The molecule has 0 aromatic heterocycles. The summed E-state index contributed by atoms with van der Waals surface area (Å²) in [6.45, 7) is 2.28. The van der Waals surface area contributed by atoms with E-state index < -0.39 is 11.6 Å². The molecule has 3 nitrogen and oxygen atoms in total. The zero-order chi connectivity index (χ0) is 15.9. The Labute approximate surface area is 152 Å². The SMILES string of the molecule is CCc1cccc(NC(N)=NCCc2c(F)cccc2F)c1.I. The van der Waals surface area contributed by atoms with Gasteiger partial charge < -0.3 is 11.1 Å². The molecule has 0 radical (unpaired) electrons. The maximum atomic E-state index is 13.5. The number of guanidine groups is 1. The first-order valence-corrected chi connectivity index (χ1v) is 7.19. The summed E-state index contributed by atoms with van der Waals surface area (Å²) in [5, 5.41) is 2.97. The van der Waals surface area contributed by atoms with Gasteiger partial charge in [-0.25, -0.2) is 8.78 Å². The summed E-state index contributed by atoms with van der Waals surface area (Å²) in [6, 6.07) is 11.6. The Morgan fingerprint density at radius 3 is 2.43 bits per heavy atom. The molecule has 0 saturated carbocycles. The van der Waals surface area contributed by atoms with Crippen molar-refractivity contribution in [3.05, 3.63) is 65.2 Å². The Hall–Kier alpha value is -1.70. The Morgan fingerprint density at radius 2 is 1.78 bits per heavy atom. The van der Waals surface area contributed by atoms with Crippen molar-refractivity contribution in [3.8, 4) is 0 Å². The maximum Gasteiger partial charge on any atom is 0.193 e. The summed E-state index contributed by atoms with van der Waals surface area (Å²) in [4.78, 5) is 4.10. The number of anilines is 1. The van der Waals surface area contributed by atoms with E-state index in [1.165, 1.54) is 23.8 Å². The molecule has 0 amide bonds. The zero-order valence-electron chi connectivity index (χ0n) is 12.9. The minimum Gasteiger partial charge on any atom is -0.370 e. The fourth-order valence-electron chi connectivity index (χ4n) is 2.12. The summed E-state index contributed by atoms with van der Waals surface area (Å²) >= 11 is 0. The molecule has 23 heavy (non-hydrogen) atoms. The van der Waals surface area contributed by atoms with E-state index >= 15 is 0 Å². The van der Waals surface area contributed by atoms with Gasteiger partial charge in [0.05, 0.1) is 0 Å². The van der Waals surface area contributed by atoms with Crippen molar-refractivity contribution >= 4 is 35.6 Å². The topological polar surface area (TPSA) is 50.4 Å². The van der Waals surface area contributed by atoms with E-state index in [0.717, 1.165) is 12.1 Å². The van der Waals surface area contributed by atoms with Crippen LogP contribution < -0.4 is 11.1 Å². The predicted molar refractivity (Wildman–Crippen MR) is 101 cm³/mol. The molecule has 0 unspecified atom stereocenters. The van der Waals surface area contributed by atoms with Crippen LogP contribution in [-0.2, 0) is 12.8 Å². The summed E-state index contributed by atoms with van der Waals surface area (Å²) < 4.78 is 26.9. The van der Waals surface area contributed by atoms with Gasteiger partial charge in [0, 0.05) is 17.8 Å². The predicted octanol–water partition coefficient (Wildman–Crippen LogP) is 4.11. The van der Waals surface area contributed by atoms with Gasteiger partial charge in [-0.3, -0.25) is 4.99 Å². The molecule has 0 heterocycles. The number of nitrogens with one attached hydrogen (secondary N) is 1. The lowest BCUT2D eigenvalue weighted by Crippen LogP contribution is -2.23. The summed E-state index contributed by atoms with van der Waals surface area (Å²) in [7, 11) is 0. The number of aliphatic imine (C=N–C) groups is 1. The molecule has 6 heteroatoms. The molecule has 124 valence electrons. The van der Waals surface area contributed by atoms with Crippen molar-refractivity contribution in [1.29, 1.82) is 0 Å². The van der Waals surface area contributed by atoms with Gasteiger partial charge in [0.2, 0.25) is 0 Å². The van der Waals surface area contributed by atoms with E-state index in [-0.39, 0.29) is 48.5 Å². The average molecular weight is 431 g/mol. The highest BCUT2D eigenvalue weighted by Crippen LogP contribution is 2.13. The second-order valence-electron chi connectivity index (χ2n) is 4.90. The first kappa shape index (κ1) is 19.3. The maximum absolute atomic E-state index is 13.5. The Balaban J connectivity index is 0.00000264. The number of nitrogens with zero attached hydrogens (tertiary/aromatic N) is 1. The number of nitrogens with two attached hydrogens (primary N) is 1. The minimum absolute atomic E-state index is 0. The van der Waals surface area contributed by atoms with E-state index in [1.807, 2.05) is 24.3 Å². The molecule has 0 bridgehead atoms. The average Bonchev–Trinajstić information content (AvgIpc) is 2.50. The van der Waals surface area contributed by atoms with Crippen LogP contribution in [0.3, 0.4) is 0 Å². The van der Waals surface area contributed by atoms with Crippen LogP contribution in [0.2, 0.25) is 0 Å². The lowest BCUT2D eigenvalue weighted by atomic mass is 10.1. The van der Waals surface area contributed by atoms with E-state index in [4.69, 9.17) is 5.73 Å². The minimum atomic E-state index is -0.558. The number of aryl methyl sites for hydroxylation is 1. The van der Waals surface area contributed by atoms with Gasteiger partial charge in [-0.1, -0.05) is 25.1 Å². The van der Waals surface area contributed by atoms with Gasteiger partial charge in [-0.05, 0) is 42.7 Å². The van der Waals surface area contributed by atoms with E-state index in [0.29, 0.717) is 0 Å². The molecule has 3 N–H and O–H groups in total. The molecular formula is C17H20F2IN3. The molecule has 0 spiro atoms. The molecule has 2 rings (SSSR count). The highest BCUT2D eigenvalue weighted by molar-refractivity contribution is 14.0. The van der Waals surface area contributed by atoms with Crippen molar-refractivity contribution in [1.82, 2.24) is 0 Å². The van der Waals surface area contributed by atoms with Gasteiger partial charge in [0.15, 0.2) is 5.96 Å². The highest BCUT2D eigenvalue weighted by Gasteiger charge is 2.07. The highest BCUT2D eigenvalue weighted by atomic mass is 127. The Morgan fingerprint density at radius 1 is 1.13 bits per heavy atom. The number of hydrogen-bond acceptors (Lipinski definition) is 1. The number of hydrogen-bond donors (Lipinski definition) is 2. The smallest absolute Gasteiger partial charge is 0.193 e. The standard InChI is InChI=1S/C17H19F2N3.HI/c1-2-12-5-3-6-13(11-12)22-17(20)21-10-9-14-15(18)7-4-8-16(14)19;/h3-8,11H,2,9-10H2,1H3,(H3,20,21,22);1H. The summed E-state index contributed by atoms with van der Waals surface area (Å²) in [5.74, 6) is -0.889. The van der Waals surface area contributed by atoms with Gasteiger partial charge in [-0.15, -0.1) is 24.0 Å². The zero-order valence-corrected chi connectivity index (χ0v) is 15.2. The van der Waals surface area contributed by atoms with Crippen LogP contribution in [0.5, 0.6) is 0 Å². The van der Waals surface area contributed by atoms with E-state index in [1.54, 1.807) is 0 Å². The van der Waals surface area contributed by atoms with Crippen molar-refractivity contribution in [2.24, 2.45) is 10.7 Å². The summed E-state index contributed by atoms with van der Waals surface area (Å²) in [5.41, 5.74) is 7.85. The molecule has 2 aromatic carbocycles. The molecule has 0 atom stereocenters. The van der Waals surface area contributed by atoms with Crippen molar-refractivity contribution in [3.63, 3.8) is 0 Å². The molecule has 0 aliphatic rings. The first-order valence-electron chi connectivity index (χ1n) is 7.19. The number of benzene rings is 2. The van der Waals surface area contributed by atoms with E-state index in [2.05, 4.69) is 17.2 Å². The largest absolute Gasteiger partial charge is 0.370 e. The Kier molecular flexibility index (Phi) is 7.94. The normalized spacial score (nSPS) is 11.0. The fourth-order valence-corrected chi connectivity index (χ4v) is 2.12. The molecule has 0 aliphatic heterocycles. The van der Waals surface area contributed by atoms with Crippen LogP contribution in [0.1, 0.15) is 18.1 Å². The molecule has 2 aromatic rings. The van der Waals surface area contributed by atoms with Crippen LogP contribution in [0, 0.1) is 11.6 Å².